The first-order valence-electron chi connectivity index (χ1n) is 6.66. The van der Waals surface area contributed by atoms with Crippen LogP contribution >= 0.6 is 11.8 Å². The van der Waals surface area contributed by atoms with Gasteiger partial charge in [-0.2, -0.15) is 0 Å². The number of thioether (sulfide) groups is 1. The molecule has 0 N–H and O–H groups in total. The first-order chi connectivity index (χ1) is 10.9. The van der Waals surface area contributed by atoms with Crippen molar-refractivity contribution in [2.75, 3.05) is 6.26 Å². The molecule has 1 aromatic carbocycles. The van der Waals surface area contributed by atoms with Crippen molar-refractivity contribution in [2.24, 2.45) is 7.05 Å². The molecule has 6 nitrogen and oxygen atoms in total. The van der Waals surface area contributed by atoms with E-state index in [0.29, 0.717) is 16.2 Å². The Bertz CT molecular complexity index is 1040. The molecule has 0 aliphatic heterocycles. The van der Waals surface area contributed by atoms with Crippen LogP contribution in [0.1, 0.15) is 0 Å². The van der Waals surface area contributed by atoms with Crippen molar-refractivity contribution in [3.8, 4) is 0 Å². The van der Waals surface area contributed by atoms with Crippen molar-refractivity contribution in [1.29, 1.82) is 0 Å². The van der Waals surface area contributed by atoms with E-state index in [1.165, 1.54) is 47.8 Å². The average Bonchev–Trinajstić information content (AvgIpc) is 2.58. The number of rotatable bonds is 3. The second-order valence-corrected chi connectivity index (χ2v) is 7.52. The molecular weight excluding hydrogens is 334 g/mol. The highest BCUT2D eigenvalue weighted by atomic mass is 32.2. The van der Waals surface area contributed by atoms with Crippen molar-refractivity contribution in [2.45, 2.75) is 14.9 Å². The highest BCUT2D eigenvalue weighted by Gasteiger charge is 2.23. The van der Waals surface area contributed by atoms with Gasteiger partial charge in [-0.1, -0.05) is 30.0 Å². The molecule has 0 unspecified atom stereocenters. The second kappa shape index (κ2) is 5.78. The summed E-state index contributed by atoms with van der Waals surface area (Å²) in [5, 5.41) is 1.02. The van der Waals surface area contributed by atoms with Crippen molar-refractivity contribution in [3.63, 3.8) is 0 Å². The summed E-state index contributed by atoms with van der Waals surface area (Å²) in [6.45, 7) is 0. The summed E-state index contributed by atoms with van der Waals surface area (Å²) in [6, 6.07) is 9.22. The lowest BCUT2D eigenvalue weighted by atomic mass is 10.3. The number of fused-ring (bicyclic) bond motifs is 1. The lowest BCUT2D eigenvalue weighted by Crippen LogP contribution is -2.25. The second-order valence-electron chi connectivity index (χ2n) is 4.82. The predicted molar refractivity (Wildman–Crippen MR) is 88.5 cm³/mol. The van der Waals surface area contributed by atoms with Gasteiger partial charge in [0, 0.05) is 18.6 Å². The molecule has 0 saturated carbocycles. The number of sulfone groups is 1. The minimum atomic E-state index is -3.89. The van der Waals surface area contributed by atoms with E-state index < -0.39 is 15.4 Å². The summed E-state index contributed by atoms with van der Waals surface area (Å²) in [6.07, 6.45) is 3.35. The summed E-state index contributed by atoms with van der Waals surface area (Å²) < 4.78 is 26.7. The quantitative estimate of drug-likeness (QED) is 0.531. The average molecular weight is 347 g/mol. The molecule has 0 spiro atoms. The van der Waals surface area contributed by atoms with Crippen LogP contribution in [0.25, 0.3) is 11.0 Å². The van der Waals surface area contributed by atoms with Gasteiger partial charge in [0.15, 0.2) is 5.16 Å². The van der Waals surface area contributed by atoms with Gasteiger partial charge in [-0.25, -0.2) is 18.4 Å². The Morgan fingerprint density at radius 3 is 2.52 bits per heavy atom. The van der Waals surface area contributed by atoms with Crippen LogP contribution in [-0.2, 0) is 16.9 Å². The van der Waals surface area contributed by atoms with E-state index in [4.69, 9.17) is 0 Å². The molecule has 23 heavy (non-hydrogen) atoms. The maximum absolute atomic E-state index is 12.7. The third-order valence-corrected chi connectivity index (χ3v) is 5.75. The van der Waals surface area contributed by atoms with Gasteiger partial charge in [0.05, 0.1) is 4.90 Å². The van der Waals surface area contributed by atoms with Crippen LogP contribution in [0.5, 0.6) is 0 Å². The Kier molecular flexibility index (Phi) is 3.95. The Balaban J connectivity index is 2.32. The molecule has 3 rings (SSSR count). The maximum Gasteiger partial charge on any atom is 0.271 e. The molecule has 0 atom stereocenters. The minimum absolute atomic E-state index is 0.0816. The topological polar surface area (TPSA) is 81.9 Å². The number of pyridine rings is 1. The van der Waals surface area contributed by atoms with Crippen molar-refractivity contribution in [1.82, 2.24) is 14.5 Å². The highest BCUT2D eigenvalue weighted by molar-refractivity contribution is 7.98. The zero-order chi connectivity index (χ0) is 16.6. The lowest BCUT2D eigenvalue weighted by Gasteiger charge is -2.09. The van der Waals surface area contributed by atoms with Crippen LogP contribution in [0.2, 0.25) is 0 Å². The fourth-order valence-electron chi connectivity index (χ4n) is 2.22. The molecule has 0 fully saturated rings. The number of hydrogen-bond donors (Lipinski definition) is 0. The summed E-state index contributed by atoms with van der Waals surface area (Å²) in [5.74, 6) is 0. The van der Waals surface area contributed by atoms with Crippen LogP contribution in [0.4, 0.5) is 0 Å². The van der Waals surface area contributed by atoms with E-state index in [0.717, 1.165) is 0 Å². The van der Waals surface area contributed by atoms with Crippen molar-refractivity contribution >= 4 is 32.6 Å². The van der Waals surface area contributed by atoms with Crippen LogP contribution in [-0.4, -0.2) is 29.2 Å². The molecule has 0 aliphatic carbocycles. The number of nitrogens with zero attached hydrogens (tertiary/aromatic N) is 3. The number of hydrogen-bond acceptors (Lipinski definition) is 6. The minimum Gasteiger partial charge on any atom is -0.295 e. The normalized spacial score (nSPS) is 11.7. The first kappa shape index (κ1) is 15.7. The highest BCUT2D eigenvalue weighted by Crippen LogP contribution is 2.21. The molecule has 0 saturated heterocycles. The Morgan fingerprint density at radius 2 is 1.87 bits per heavy atom. The van der Waals surface area contributed by atoms with Gasteiger partial charge in [-0.3, -0.25) is 9.36 Å². The van der Waals surface area contributed by atoms with Gasteiger partial charge < -0.3 is 0 Å². The maximum atomic E-state index is 12.7. The Hall–Kier alpha value is -2.19. The van der Waals surface area contributed by atoms with E-state index in [2.05, 4.69) is 9.97 Å². The molecule has 8 heteroatoms. The first-order valence-corrected chi connectivity index (χ1v) is 9.37. The molecule has 0 aliphatic rings. The molecule has 0 radical (unpaired) electrons. The van der Waals surface area contributed by atoms with Gasteiger partial charge in [-0.05, 0) is 24.5 Å². The summed E-state index contributed by atoms with van der Waals surface area (Å²) >= 11 is 1.35. The van der Waals surface area contributed by atoms with Crippen molar-refractivity contribution in [3.05, 3.63) is 52.9 Å². The number of benzene rings is 1. The zero-order valence-electron chi connectivity index (χ0n) is 12.4. The third kappa shape index (κ3) is 2.64. The Labute approximate surface area is 137 Å². The molecule has 0 bridgehead atoms. The predicted octanol–water partition coefficient (Wildman–Crippen LogP) is 1.88. The van der Waals surface area contributed by atoms with Gasteiger partial charge >= 0.3 is 0 Å². The van der Waals surface area contributed by atoms with E-state index in [1.54, 1.807) is 18.2 Å². The van der Waals surface area contributed by atoms with Crippen LogP contribution in [0, 0.1) is 0 Å². The fourth-order valence-corrected chi connectivity index (χ4v) is 3.97. The molecule has 2 aromatic heterocycles. The lowest BCUT2D eigenvalue weighted by molar-refractivity contribution is 0.593. The molecule has 2 heterocycles. The summed E-state index contributed by atoms with van der Waals surface area (Å²) in [5.41, 5.74) is -0.200. The molecular formula is C15H13N3O3S2. The molecule has 3 aromatic rings. The molecule has 118 valence electrons. The largest absolute Gasteiger partial charge is 0.295 e. The van der Waals surface area contributed by atoms with Gasteiger partial charge in [0.25, 0.3) is 5.56 Å². The Morgan fingerprint density at radius 1 is 1.17 bits per heavy atom. The van der Waals surface area contributed by atoms with Crippen LogP contribution in [0.3, 0.4) is 0 Å². The van der Waals surface area contributed by atoms with Gasteiger partial charge in [0.1, 0.15) is 10.5 Å². The third-order valence-electron chi connectivity index (χ3n) is 3.42. The smallest absolute Gasteiger partial charge is 0.271 e. The number of aryl methyl sites for hydroxylation is 1. The van der Waals surface area contributed by atoms with Gasteiger partial charge in [0.2, 0.25) is 9.84 Å². The zero-order valence-corrected chi connectivity index (χ0v) is 14.1. The van der Waals surface area contributed by atoms with Gasteiger partial charge in [-0.15, -0.1) is 0 Å². The monoisotopic (exact) mass is 347 g/mol. The molecule has 0 amide bonds. The van der Waals surface area contributed by atoms with Crippen LogP contribution < -0.4 is 5.56 Å². The van der Waals surface area contributed by atoms with E-state index in [9.17, 15) is 13.2 Å². The summed E-state index contributed by atoms with van der Waals surface area (Å²) in [4.78, 5) is 20.7. The number of aromatic nitrogens is 3. The fraction of sp³-hybridized carbons (Fsp3) is 0.133. The standard InChI is InChI=1S/C15H13N3O3S2/c1-18-13-10(9-16-15(17-13)22-2)8-12(14(18)19)23(20,21)11-6-4-3-5-7-11/h3-9H,1-2H3. The van der Waals surface area contributed by atoms with E-state index in [-0.39, 0.29) is 9.79 Å². The summed E-state index contributed by atoms with van der Waals surface area (Å²) in [7, 11) is -2.39. The SMILES string of the molecule is CSc1ncc2cc(S(=O)(=O)c3ccccc3)c(=O)n(C)c2n1. The van der Waals surface area contributed by atoms with Crippen molar-refractivity contribution < 1.29 is 8.42 Å². The van der Waals surface area contributed by atoms with E-state index in [1.807, 2.05) is 6.26 Å². The van der Waals surface area contributed by atoms with E-state index >= 15 is 0 Å². The van der Waals surface area contributed by atoms with Crippen LogP contribution in [0.15, 0.2) is 62.3 Å².